The molecule has 2 heterocycles. The number of hydrogen-bond donors (Lipinski definition) is 1. The summed E-state index contributed by atoms with van der Waals surface area (Å²) < 4.78 is 4.72. The van der Waals surface area contributed by atoms with E-state index in [1.54, 1.807) is 28.0 Å². The quantitative estimate of drug-likeness (QED) is 0.597. The van der Waals surface area contributed by atoms with Crippen molar-refractivity contribution in [2.45, 2.75) is 0 Å². The predicted molar refractivity (Wildman–Crippen MR) is 104 cm³/mol. The Morgan fingerprint density at radius 3 is 2.52 bits per heavy atom. The summed E-state index contributed by atoms with van der Waals surface area (Å²) in [4.78, 5) is 55.2. The van der Waals surface area contributed by atoms with E-state index >= 15 is 0 Å². The van der Waals surface area contributed by atoms with E-state index in [4.69, 9.17) is 4.74 Å². The zero-order valence-corrected chi connectivity index (χ0v) is 15.8. The molecule has 0 radical (unpaired) electrons. The van der Waals surface area contributed by atoms with Gasteiger partial charge in [-0.3, -0.25) is 19.4 Å². The molecule has 0 spiro atoms. The summed E-state index contributed by atoms with van der Waals surface area (Å²) in [5.41, 5.74) is 0.865. The molecule has 1 aliphatic heterocycles. The summed E-state index contributed by atoms with van der Waals surface area (Å²) in [5, 5.41) is 2.63. The number of benzene rings is 1. The Balaban J connectivity index is 1.74. The number of ether oxygens (including phenoxy) is 1. The predicted octanol–water partition coefficient (Wildman–Crippen LogP) is 1.03. The smallest absolute Gasteiger partial charge is 0.339 e. The van der Waals surface area contributed by atoms with Gasteiger partial charge in [0.15, 0.2) is 0 Å². The Morgan fingerprint density at radius 2 is 1.83 bits per heavy atom. The van der Waals surface area contributed by atoms with E-state index in [-0.39, 0.29) is 22.9 Å². The van der Waals surface area contributed by atoms with Gasteiger partial charge in [-0.25, -0.2) is 4.79 Å². The van der Waals surface area contributed by atoms with Crippen molar-refractivity contribution < 1.29 is 23.9 Å². The highest BCUT2D eigenvalue weighted by atomic mass is 16.5. The Bertz CT molecular complexity index is 938. The van der Waals surface area contributed by atoms with Crippen LogP contribution in [-0.4, -0.2) is 72.3 Å². The van der Waals surface area contributed by atoms with Gasteiger partial charge in [0.2, 0.25) is 6.41 Å². The van der Waals surface area contributed by atoms with Crippen molar-refractivity contribution in [1.82, 2.24) is 14.8 Å². The molecule has 1 aromatic heterocycles. The number of anilines is 1. The minimum Gasteiger partial charge on any atom is -0.465 e. The van der Waals surface area contributed by atoms with Crippen molar-refractivity contribution in [3.8, 4) is 0 Å². The average Bonchev–Trinajstić information content (AvgIpc) is 2.78. The molecule has 3 amide bonds. The molecule has 1 aliphatic rings. The molecular formula is C20H20N4O5. The summed E-state index contributed by atoms with van der Waals surface area (Å²) in [5.74, 6) is -1.36. The van der Waals surface area contributed by atoms with Crippen LogP contribution in [0.2, 0.25) is 0 Å². The molecule has 0 bridgehead atoms. The van der Waals surface area contributed by atoms with Gasteiger partial charge in [-0.2, -0.15) is 0 Å². The average molecular weight is 396 g/mol. The number of para-hydroxylation sites is 1. The minimum absolute atomic E-state index is 0.0436. The van der Waals surface area contributed by atoms with Crippen molar-refractivity contribution in [3.63, 3.8) is 0 Å². The lowest BCUT2D eigenvalue weighted by Crippen LogP contribution is -2.48. The van der Waals surface area contributed by atoms with E-state index in [1.807, 2.05) is 0 Å². The number of methoxy groups -OCH3 is 1. The molecule has 9 nitrogen and oxygen atoms in total. The first-order chi connectivity index (χ1) is 14.0. The van der Waals surface area contributed by atoms with Gasteiger partial charge in [-0.05, 0) is 24.3 Å². The Morgan fingerprint density at radius 1 is 1.10 bits per heavy atom. The fraction of sp³-hybridized carbons (Fsp3) is 0.250. The molecule has 2 aromatic rings. The van der Waals surface area contributed by atoms with Crippen molar-refractivity contribution in [1.29, 1.82) is 0 Å². The monoisotopic (exact) mass is 396 g/mol. The Hall–Kier alpha value is -3.75. The van der Waals surface area contributed by atoms with Gasteiger partial charge in [-0.15, -0.1) is 0 Å². The van der Waals surface area contributed by atoms with Crippen LogP contribution in [0, 0.1) is 0 Å². The maximum Gasteiger partial charge on any atom is 0.339 e. The van der Waals surface area contributed by atoms with Crippen LogP contribution >= 0.6 is 0 Å². The molecule has 0 unspecified atom stereocenters. The largest absolute Gasteiger partial charge is 0.465 e. The third-order valence-electron chi connectivity index (χ3n) is 4.57. The zero-order valence-electron chi connectivity index (χ0n) is 15.8. The van der Waals surface area contributed by atoms with Gasteiger partial charge in [-0.1, -0.05) is 12.1 Å². The molecular weight excluding hydrogens is 376 g/mol. The van der Waals surface area contributed by atoms with Gasteiger partial charge < -0.3 is 19.9 Å². The first-order valence-corrected chi connectivity index (χ1v) is 8.97. The molecule has 0 atom stereocenters. The lowest BCUT2D eigenvalue weighted by molar-refractivity contribution is -0.119. The summed E-state index contributed by atoms with van der Waals surface area (Å²) in [7, 11) is 1.26. The normalized spacial score (nSPS) is 13.6. The highest BCUT2D eigenvalue weighted by Crippen LogP contribution is 2.17. The summed E-state index contributed by atoms with van der Waals surface area (Å²) in [6.07, 6.45) is 2.15. The maximum atomic E-state index is 12.7. The van der Waals surface area contributed by atoms with Crippen LogP contribution in [0.1, 0.15) is 31.2 Å². The van der Waals surface area contributed by atoms with E-state index < -0.39 is 11.9 Å². The molecule has 3 rings (SSSR count). The fourth-order valence-corrected chi connectivity index (χ4v) is 2.97. The SMILES string of the molecule is COC(=O)c1ccccc1NC(=O)c1cc(C(=O)N2CCN(C=O)CC2)ccn1. The number of aromatic nitrogens is 1. The van der Waals surface area contributed by atoms with Gasteiger partial charge >= 0.3 is 5.97 Å². The van der Waals surface area contributed by atoms with E-state index in [0.29, 0.717) is 31.7 Å². The lowest BCUT2D eigenvalue weighted by Gasteiger charge is -2.32. The highest BCUT2D eigenvalue weighted by Gasteiger charge is 2.22. The number of carbonyl (C=O) groups excluding carboxylic acids is 4. The summed E-state index contributed by atoms with van der Waals surface area (Å²) in [6, 6.07) is 9.38. The van der Waals surface area contributed by atoms with Crippen LogP contribution in [0.3, 0.4) is 0 Å². The molecule has 1 aromatic carbocycles. The highest BCUT2D eigenvalue weighted by molar-refractivity contribution is 6.08. The van der Waals surface area contributed by atoms with Gasteiger partial charge in [0.05, 0.1) is 18.4 Å². The fourth-order valence-electron chi connectivity index (χ4n) is 2.97. The second-order valence-electron chi connectivity index (χ2n) is 6.35. The second-order valence-corrected chi connectivity index (χ2v) is 6.35. The van der Waals surface area contributed by atoms with Crippen molar-refractivity contribution in [2.24, 2.45) is 0 Å². The van der Waals surface area contributed by atoms with Gasteiger partial charge in [0, 0.05) is 37.9 Å². The van der Waals surface area contributed by atoms with E-state index in [1.165, 1.54) is 31.5 Å². The second kappa shape index (κ2) is 8.96. The van der Waals surface area contributed by atoms with E-state index in [2.05, 4.69) is 10.3 Å². The number of nitrogens with one attached hydrogen (secondary N) is 1. The standard InChI is InChI=1S/C20H20N4O5/c1-29-20(28)15-4-2-3-5-16(15)22-18(26)17-12-14(6-7-21-17)19(27)24-10-8-23(13-25)9-11-24/h2-7,12-13H,8-11H2,1H3,(H,22,26). The number of amides is 3. The molecule has 29 heavy (non-hydrogen) atoms. The number of rotatable bonds is 5. The maximum absolute atomic E-state index is 12.7. The summed E-state index contributed by atoms with van der Waals surface area (Å²) in [6.45, 7) is 1.79. The van der Waals surface area contributed by atoms with Crippen molar-refractivity contribution in [3.05, 3.63) is 59.4 Å². The number of nitrogens with zero attached hydrogens (tertiary/aromatic N) is 3. The van der Waals surface area contributed by atoms with E-state index in [9.17, 15) is 19.2 Å². The number of pyridine rings is 1. The number of piperazine rings is 1. The lowest BCUT2D eigenvalue weighted by atomic mass is 10.1. The molecule has 1 fully saturated rings. The van der Waals surface area contributed by atoms with Crippen molar-refractivity contribution in [2.75, 3.05) is 38.6 Å². The zero-order chi connectivity index (χ0) is 20.8. The third-order valence-corrected chi connectivity index (χ3v) is 4.57. The van der Waals surface area contributed by atoms with Crippen LogP contribution in [0.4, 0.5) is 5.69 Å². The van der Waals surface area contributed by atoms with Crippen LogP contribution in [0.15, 0.2) is 42.6 Å². The first kappa shape index (κ1) is 20.0. The van der Waals surface area contributed by atoms with Gasteiger partial charge in [0.1, 0.15) is 5.69 Å². The van der Waals surface area contributed by atoms with Crippen LogP contribution in [0.5, 0.6) is 0 Å². The third kappa shape index (κ3) is 4.57. The molecule has 1 N–H and O–H groups in total. The van der Waals surface area contributed by atoms with Crippen LogP contribution < -0.4 is 5.32 Å². The molecule has 150 valence electrons. The molecule has 0 saturated carbocycles. The Kier molecular flexibility index (Phi) is 6.18. The minimum atomic E-state index is -0.577. The number of esters is 1. The Labute approximate surface area is 167 Å². The number of hydrogen-bond acceptors (Lipinski definition) is 6. The van der Waals surface area contributed by atoms with E-state index in [0.717, 1.165) is 6.41 Å². The van der Waals surface area contributed by atoms with Crippen LogP contribution in [0.25, 0.3) is 0 Å². The summed E-state index contributed by atoms with van der Waals surface area (Å²) >= 11 is 0. The topological polar surface area (TPSA) is 109 Å². The van der Waals surface area contributed by atoms with Gasteiger partial charge in [0.25, 0.3) is 11.8 Å². The number of carbonyl (C=O) groups is 4. The molecule has 1 saturated heterocycles. The van der Waals surface area contributed by atoms with Crippen molar-refractivity contribution >= 4 is 29.9 Å². The van der Waals surface area contributed by atoms with Crippen LogP contribution in [-0.2, 0) is 9.53 Å². The molecule has 0 aliphatic carbocycles. The first-order valence-electron chi connectivity index (χ1n) is 8.97. The molecule has 9 heteroatoms.